The monoisotopic (exact) mass is 285 g/mol. The van der Waals surface area contributed by atoms with Gasteiger partial charge in [0, 0.05) is 19.7 Å². The number of ether oxygens (including phenoxy) is 2. The Bertz CT molecular complexity index is 296. The Morgan fingerprint density at radius 2 is 1.75 bits per heavy atom. The van der Waals surface area contributed by atoms with E-state index in [1.165, 1.54) is 12.8 Å². The zero-order valence-electron chi connectivity index (χ0n) is 12.7. The number of likely N-dealkylation sites (tertiary alicyclic amines) is 1. The van der Waals surface area contributed by atoms with Crippen molar-refractivity contribution >= 4 is 11.9 Å². The normalized spacial score (nSPS) is 16.1. The van der Waals surface area contributed by atoms with Crippen molar-refractivity contribution < 1.29 is 19.1 Å². The van der Waals surface area contributed by atoms with Crippen molar-refractivity contribution in [2.45, 2.75) is 46.0 Å². The fourth-order valence-corrected chi connectivity index (χ4v) is 2.10. The zero-order valence-corrected chi connectivity index (χ0v) is 12.7. The van der Waals surface area contributed by atoms with Crippen LogP contribution in [0, 0.1) is 5.92 Å². The summed E-state index contributed by atoms with van der Waals surface area (Å²) in [6, 6.07) is 0. The van der Waals surface area contributed by atoms with E-state index in [0.29, 0.717) is 19.1 Å². The smallest absolute Gasteiger partial charge is 0.308 e. The Labute approximate surface area is 121 Å². The van der Waals surface area contributed by atoms with Crippen LogP contribution in [0.4, 0.5) is 0 Å². The number of amides is 1. The van der Waals surface area contributed by atoms with Gasteiger partial charge in [-0.05, 0) is 18.8 Å². The first kappa shape index (κ1) is 17.0. The molecule has 1 amide bonds. The van der Waals surface area contributed by atoms with E-state index in [4.69, 9.17) is 9.47 Å². The number of rotatable bonds is 7. The van der Waals surface area contributed by atoms with Crippen molar-refractivity contribution in [1.29, 1.82) is 0 Å². The molecular weight excluding hydrogens is 258 g/mol. The molecule has 0 spiro atoms. The highest BCUT2D eigenvalue weighted by Gasteiger charge is 2.16. The molecule has 0 atom stereocenters. The quantitative estimate of drug-likeness (QED) is 0.530. The van der Waals surface area contributed by atoms with Gasteiger partial charge in [0.25, 0.3) is 5.91 Å². The third-order valence-electron chi connectivity index (χ3n) is 3.22. The van der Waals surface area contributed by atoms with Gasteiger partial charge in [-0.15, -0.1) is 0 Å². The van der Waals surface area contributed by atoms with Crippen LogP contribution in [0.25, 0.3) is 0 Å². The summed E-state index contributed by atoms with van der Waals surface area (Å²) < 4.78 is 10.3. The summed E-state index contributed by atoms with van der Waals surface area (Å²) in [5.74, 6) is 0.0101. The van der Waals surface area contributed by atoms with Gasteiger partial charge in [0.1, 0.15) is 0 Å². The second kappa shape index (κ2) is 9.75. The Morgan fingerprint density at radius 3 is 2.35 bits per heavy atom. The standard InChI is InChI=1S/C15H27NO4/c1-13(2)11-19-10-7-15(18)20-12-14(17)16-8-5-3-4-6-9-16/h13H,3-12H2,1-2H3. The minimum Gasteiger partial charge on any atom is -0.455 e. The lowest BCUT2D eigenvalue weighted by molar-refractivity contribution is -0.152. The molecule has 116 valence electrons. The van der Waals surface area contributed by atoms with Gasteiger partial charge in [0.05, 0.1) is 13.0 Å². The van der Waals surface area contributed by atoms with E-state index in [1.54, 1.807) is 4.90 Å². The molecule has 5 nitrogen and oxygen atoms in total. The number of nitrogens with zero attached hydrogens (tertiary/aromatic N) is 1. The molecule has 1 rings (SSSR count). The molecule has 0 aromatic rings. The van der Waals surface area contributed by atoms with Crippen LogP contribution in [-0.4, -0.2) is 49.7 Å². The van der Waals surface area contributed by atoms with E-state index >= 15 is 0 Å². The first-order chi connectivity index (χ1) is 9.59. The van der Waals surface area contributed by atoms with E-state index in [2.05, 4.69) is 13.8 Å². The van der Waals surface area contributed by atoms with Gasteiger partial charge >= 0.3 is 5.97 Å². The lowest BCUT2D eigenvalue weighted by atomic mass is 10.2. The molecule has 0 bridgehead atoms. The lowest BCUT2D eigenvalue weighted by Gasteiger charge is -2.19. The molecule has 0 saturated carbocycles. The maximum Gasteiger partial charge on any atom is 0.308 e. The highest BCUT2D eigenvalue weighted by Crippen LogP contribution is 2.09. The number of hydrogen-bond donors (Lipinski definition) is 0. The van der Waals surface area contributed by atoms with E-state index in [0.717, 1.165) is 25.9 Å². The van der Waals surface area contributed by atoms with Gasteiger partial charge in [-0.3, -0.25) is 9.59 Å². The summed E-state index contributed by atoms with van der Waals surface area (Å²) in [5.41, 5.74) is 0. The molecule has 0 aromatic heterocycles. The van der Waals surface area contributed by atoms with Crippen LogP contribution in [0.15, 0.2) is 0 Å². The number of carbonyl (C=O) groups is 2. The topological polar surface area (TPSA) is 55.8 Å². The van der Waals surface area contributed by atoms with Crippen LogP contribution >= 0.6 is 0 Å². The molecular formula is C15H27NO4. The van der Waals surface area contributed by atoms with Gasteiger partial charge < -0.3 is 14.4 Å². The van der Waals surface area contributed by atoms with Crippen molar-refractivity contribution in [2.24, 2.45) is 5.92 Å². The highest BCUT2D eigenvalue weighted by atomic mass is 16.5. The second-order valence-corrected chi connectivity index (χ2v) is 5.67. The molecule has 0 aliphatic carbocycles. The van der Waals surface area contributed by atoms with E-state index in [-0.39, 0.29) is 24.9 Å². The minimum atomic E-state index is -0.364. The predicted molar refractivity (Wildman–Crippen MR) is 76.3 cm³/mol. The van der Waals surface area contributed by atoms with Gasteiger partial charge in [-0.2, -0.15) is 0 Å². The summed E-state index contributed by atoms with van der Waals surface area (Å²) in [4.78, 5) is 25.2. The number of carbonyl (C=O) groups excluding carboxylic acids is 2. The summed E-state index contributed by atoms with van der Waals surface area (Å²) in [6.07, 6.45) is 4.65. The molecule has 5 heteroatoms. The molecule has 0 aromatic carbocycles. The number of esters is 1. The molecule has 1 heterocycles. The summed E-state index contributed by atoms with van der Waals surface area (Å²) in [7, 11) is 0. The zero-order chi connectivity index (χ0) is 14.8. The fourth-order valence-electron chi connectivity index (χ4n) is 2.10. The van der Waals surface area contributed by atoms with Crippen LogP contribution in [0.3, 0.4) is 0 Å². The lowest BCUT2D eigenvalue weighted by Crippen LogP contribution is -2.35. The predicted octanol–water partition coefficient (Wildman–Crippen LogP) is 1.99. The first-order valence-electron chi connectivity index (χ1n) is 7.60. The molecule has 1 aliphatic heterocycles. The second-order valence-electron chi connectivity index (χ2n) is 5.67. The minimum absolute atomic E-state index is 0.0802. The number of hydrogen-bond acceptors (Lipinski definition) is 4. The van der Waals surface area contributed by atoms with Gasteiger partial charge in [0.15, 0.2) is 6.61 Å². The summed E-state index contributed by atoms with van der Waals surface area (Å²) in [5, 5.41) is 0. The van der Waals surface area contributed by atoms with Gasteiger partial charge in [-0.25, -0.2) is 0 Å². The van der Waals surface area contributed by atoms with Crippen LogP contribution in [0.2, 0.25) is 0 Å². The van der Waals surface area contributed by atoms with Crippen molar-refractivity contribution in [3.05, 3.63) is 0 Å². The first-order valence-corrected chi connectivity index (χ1v) is 7.60. The molecule has 0 unspecified atom stereocenters. The van der Waals surface area contributed by atoms with Gasteiger partial charge in [-0.1, -0.05) is 26.7 Å². The van der Waals surface area contributed by atoms with Crippen LogP contribution < -0.4 is 0 Å². The molecule has 1 fully saturated rings. The van der Waals surface area contributed by atoms with Gasteiger partial charge in [0.2, 0.25) is 0 Å². The van der Waals surface area contributed by atoms with Crippen LogP contribution in [0.5, 0.6) is 0 Å². The van der Waals surface area contributed by atoms with Crippen molar-refractivity contribution in [1.82, 2.24) is 4.90 Å². The Kier molecular flexibility index (Phi) is 8.26. The molecule has 20 heavy (non-hydrogen) atoms. The largest absolute Gasteiger partial charge is 0.455 e. The molecule has 1 saturated heterocycles. The maximum atomic E-state index is 11.9. The average molecular weight is 285 g/mol. The average Bonchev–Trinajstić information content (AvgIpc) is 2.69. The third-order valence-corrected chi connectivity index (χ3v) is 3.22. The third kappa shape index (κ3) is 7.48. The van der Waals surface area contributed by atoms with Crippen LogP contribution in [-0.2, 0) is 19.1 Å². The Hall–Kier alpha value is -1.10. The Balaban J connectivity index is 2.11. The highest BCUT2D eigenvalue weighted by molar-refractivity contribution is 5.80. The fraction of sp³-hybridized carbons (Fsp3) is 0.867. The SMILES string of the molecule is CC(C)COCCC(=O)OCC(=O)N1CCCCCC1. The maximum absolute atomic E-state index is 11.9. The van der Waals surface area contributed by atoms with Crippen LogP contribution in [0.1, 0.15) is 46.0 Å². The Morgan fingerprint density at radius 1 is 1.10 bits per heavy atom. The van der Waals surface area contributed by atoms with E-state index in [1.807, 2.05) is 0 Å². The summed E-state index contributed by atoms with van der Waals surface area (Å²) >= 11 is 0. The van der Waals surface area contributed by atoms with E-state index < -0.39 is 0 Å². The van der Waals surface area contributed by atoms with E-state index in [9.17, 15) is 9.59 Å². The molecule has 1 aliphatic rings. The summed E-state index contributed by atoms with van der Waals surface area (Å²) in [6.45, 7) is 6.54. The van der Waals surface area contributed by atoms with Crippen molar-refractivity contribution in [3.8, 4) is 0 Å². The van der Waals surface area contributed by atoms with Crippen molar-refractivity contribution in [2.75, 3.05) is 32.9 Å². The molecule has 0 radical (unpaired) electrons. The molecule has 0 N–H and O–H groups in total. The van der Waals surface area contributed by atoms with Crippen molar-refractivity contribution in [3.63, 3.8) is 0 Å².